The summed E-state index contributed by atoms with van der Waals surface area (Å²) in [4.78, 5) is 12.0. The van der Waals surface area contributed by atoms with E-state index in [1.165, 1.54) is 5.56 Å². The number of aromatic nitrogens is 2. The highest BCUT2D eigenvalue weighted by Crippen LogP contribution is 2.18. The van der Waals surface area contributed by atoms with Crippen LogP contribution in [0.4, 0.5) is 0 Å². The van der Waals surface area contributed by atoms with Gasteiger partial charge in [-0.25, -0.2) is 0 Å². The molecule has 0 saturated heterocycles. The third-order valence-electron chi connectivity index (χ3n) is 3.23. The van der Waals surface area contributed by atoms with Crippen molar-refractivity contribution in [2.24, 2.45) is 0 Å². The lowest BCUT2D eigenvalue weighted by molar-refractivity contribution is 0.0945. The van der Waals surface area contributed by atoms with Crippen LogP contribution in [-0.4, -0.2) is 35.7 Å². The van der Waals surface area contributed by atoms with Crippen LogP contribution in [0.3, 0.4) is 0 Å². The van der Waals surface area contributed by atoms with E-state index in [0.29, 0.717) is 12.2 Å². The first-order valence-corrected chi connectivity index (χ1v) is 6.68. The van der Waals surface area contributed by atoms with Crippen LogP contribution < -0.4 is 10.6 Å². The maximum atomic E-state index is 12.0. The van der Waals surface area contributed by atoms with Crippen molar-refractivity contribution in [1.29, 1.82) is 0 Å². The molecule has 1 unspecified atom stereocenters. The number of likely N-dealkylation sites (N-methyl/N-ethyl adjacent to an activating group) is 1. The molecule has 0 bridgehead atoms. The predicted octanol–water partition coefficient (Wildman–Crippen LogP) is 2.14. The molecule has 114 valence electrons. The number of aryl methyl sites for hydroxylation is 1. The van der Waals surface area contributed by atoms with Gasteiger partial charge in [-0.2, -0.15) is 5.10 Å². The number of halogens is 1. The van der Waals surface area contributed by atoms with E-state index >= 15 is 0 Å². The van der Waals surface area contributed by atoms with Gasteiger partial charge in [-0.05, 0) is 27.0 Å². The van der Waals surface area contributed by atoms with Gasteiger partial charge in [0.1, 0.15) is 5.69 Å². The van der Waals surface area contributed by atoms with Gasteiger partial charge in [0.15, 0.2) is 0 Å². The minimum absolute atomic E-state index is 0. The highest BCUT2D eigenvalue weighted by Gasteiger charge is 2.11. The number of rotatable bonds is 5. The van der Waals surface area contributed by atoms with Crippen LogP contribution in [0, 0.1) is 6.92 Å². The molecule has 21 heavy (non-hydrogen) atoms. The molecule has 0 aliphatic rings. The fraction of sp³-hybridized carbons (Fsp3) is 0.333. The first kappa shape index (κ1) is 17.2. The van der Waals surface area contributed by atoms with E-state index in [4.69, 9.17) is 0 Å². The smallest absolute Gasteiger partial charge is 0.269 e. The molecule has 6 heteroatoms. The molecule has 0 spiro atoms. The topological polar surface area (TPSA) is 69.8 Å². The van der Waals surface area contributed by atoms with Crippen molar-refractivity contribution in [2.75, 3.05) is 13.6 Å². The SMILES string of the molecule is CNC(C)CNC(=O)c1cc(-c2ccc(C)cc2)n[nH]1.Cl. The van der Waals surface area contributed by atoms with Crippen LogP contribution in [0.2, 0.25) is 0 Å². The van der Waals surface area contributed by atoms with Crippen LogP contribution >= 0.6 is 12.4 Å². The van der Waals surface area contributed by atoms with Gasteiger partial charge in [0, 0.05) is 18.2 Å². The number of nitrogens with one attached hydrogen (secondary N) is 3. The molecule has 1 aromatic heterocycles. The molecular weight excluding hydrogens is 288 g/mol. The largest absolute Gasteiger partial charge is 0.349 e. The second kappa shape index (κ2) is 7.81. The van der Waals surface area contributed by atoms with Crippen LogP contribution in [0.1, 0.15) is 23.0 Å². The highest BCUT2D eigenvalue weighted by atomic mass is 35.5. The Morgan fingerprint density at radius 2 is 2.00 bits per heavy atom. The lowest BCUT2D eigenvalue weighted by Gasteiger charge is -2.10. The fourth-order valence-corrected chi connectivity index (χ4v) is 1.75. The van der Waals surface area contributed by atoms with Gasteiger partial charge in [0.25, 0.3) is 5.91 Å². The van der Waals surface area contributed by atoms with Crippen molar-refractivity contribution in [3.8, 4) is 11.3 Å². The summed E-state index contributed by atoms with van der Waals surface area (Å²) in [6.07, 6.45) is 0. The molecule has 1 amide bonds. The van der Waals surface area contributed by atoms with E-state index < -0.39 is 0 Å². The maximum Gasteiger partial charge on any atom is 0.269 e. The summed E-state index contributed by atoms with van der Waals surface area (Å²) in [6.45, 7) is 4.62. The lowest BCUT2D eigenvalue weighted by atomic mass is 10.1. The Bertz CT molecular complexity index is 580. The molecule has 0 radical (unpaired) electrons. The Labute approximate surface area is 130 Å². The molecule has 1 heterocycles. The fourth-order valence-electron chi connectivity index (χ4n) is 1.75. The van der Waals surface area contributed by atoms with Gasteiger partial charge >= 0.3 is 0 Å². The van der Waals surface area contributed by atoms with Gasteiger partial charge in [0.2, 0.25) is 0 Å². The Morgan fingerprint density at radius 3 is 2.62 bits per heavy atom. The van der Waals surface area contributed by atoms with Gasteiger partial charge in [-0.1, -0.05) is 29.8 Å². The van der Waals surface area contributed by atoms with E-state index in [-0.39, 0.29) is 24.4 Å². The molecule has 2 aromatic rings. The van der Waals surface area contributed by atoms with Crippen molar-refractivity contribution in [2.45, 2.75) is 19.9 Å². The number of carbonyl (C=O) groups is 1. The summed E-state index contributed by atoms with van der Waals surface area (Å²) in [6, 6.07) is 10.0. The summed E-state index contributed by atoms with van der Waals surface area (Å²) < 4.78 is 0. The summed E-state index contributed by atoms with van der Waals surface area (Å²) in [5.41, 5.74) is 3.44. The van der Waals surface area contributed by atoms with Gasteiger partial charge in [-0.3, -0.25) is 9.89 Å². The zero-order valence-electron chi connectivity index (χ0n) is 12.4. The quantitative estimate of drug-likeness (QED) is 0.792. The molecule has 1 aromatic carbocycles. The Morgan fingerprint density at radius 1 is 1.33 bits per heavy atom. The van der Waals surface area contributed by atoms with Crippen molar-refractivity contribution in [3.63, 3.8) is 0 Å². The summed E-state index contributed by atoms with van der Waals surface area (Å²) >= 11 is 0. The minimum Gasteiger partial charge on any atom is -0.349 e. The molecule has 0 aliphatic heterocycles. The summed E-state index contributed by atoms with van der Waals surface area (Å²) in [5, 5.41) is 12.9. The third kappa shape index (κ3) is 4.58. The molecule has 0 aliphatic carbocycles. The van der Waals surface area contributed by atoms with Crippen molar-refractivity contribution in [1.82, 2.24) is 20.8 Å². The standard InChI is InChI=1S/C15H20N4O.ClH/c1-10-4-6-12(7-5-10)13-8-14(19-18-13)15(20)17-9-11(2)16-3;/h4-8,11,16H,9H2,1-3H3,(H,17,20)(H,18,19);1H. The molecular formula is C15H21ClN4O. The normalized spacial score (nSPS) is 11.6. The molecule has 2 rings (SSSR count). The van der Waals surface area contributed by atoms with Crippen LogP contribution in [0.5, 0.6) is 0 Å². The lowest BCUT2D eigenvalue weighted by Crippen LogP contribution is -2.37. The van der Waals surface area contributed by atoms with Crippen LogP contribution in [-0.2, 0) is 0 Å². The molecule has 1 atom stereocenters. The number of H-pyrrole nitrogens is 1. The van der Waals surface area contributed by atoms with E-state index in [9.17, 15) is 4.79 Å². The van der Waals surface area contributed by atoms with Crippen molar-refractivity contribution >= 4 is 18.3 Å². The average molecular weight is 309 g/mol. The average Bonchev–Trinajstić information content (AvgIpc) is 2.95. The van der Waals surface area contributed by atoms with Crippen LogP contribution in [0.25, 0.3) is 11.3 Å². The maximum absolute atomic E-state index is 12.0. The predicted molar refractivity (Wildman–Crippen MR) is 86.9 cm³/mol. The second-order valence-corrected chi connectivity index (χ2v) is 4.93. The second-order valence-electron chi connectivity index (χ2n) is 4.93. The summed E-state index contributed by atoms with van der Waals surface area (Å²) in [5.74, 6) is -0.141. The van der Waals surface area contributed by atoms with Gasteiger partial charge < -0.3 is 10.6 Å². The summed E-state index contributed by atoms with van der Waals surface area (Å²) in [7, 11) is 1.86. The number of amides is 1. The van der Waals surface area contributed by atoms with E-state index in [2.05, 4.69) is 20.8 Å². The first-order chi connectivity index (χ1) is 9.60. The van der Waals surface area contributed by atoms with E-state index in [0.717, 1.165) is 11.3 Å². The van der Waals surface area contributed by atoms with Crippen LogP contribution in [0.15, 0.2) is 30.3 Å². The number of hydrogen-bond acceptors (Lipinski definition) is 3. The van der Waals surface area contributed by atoms with Gasteiger partial charge in [0.05, 0.1) is 5.69 Å². The number of hydrogen-bond donors (Lipinski definition) is 3. The van der Waals surface area contributed by atoms with E-state index in [1.54, 1.807) is 6.07 Å². The minimum atomic E-state index is -0.141. The number of nitrogens with zero attached hydrogens (tertiary/aromatic N) is 1. The Balaban J connectivity index is 0.00000220. The van der Waals surface area contributed by atoms with Gasteiger partial charge in [-0.15, -0.1) is 12.4 Å². The molecule has 0 saturated carbocycles. The first-order valence-electron chi connectivity index (χ1n) is 6.68. The number of benzene rings is 1. The molecule has 0 fully saturated rings. The molecule has 5 nitrogen and oxygen atoms in total. The van der Waals surface area contributed by atoms with Crippen molar-refractivity contribution < 1.29 is 4.79 Å². The zero-order chi connectivity index (χ0) is 14.5. The van der Waals surface area contributed by atoms with Crippen molar-refractivity contribution in [3.05, 3.63) is 41.6 Å². The Kier molecular flexibility index (Phi) is 6.39. The third-order valence-corrected chi connectivity index (χ3v) is 3.23. The Hall–Kier alpha value is -1.85. The highest BCUT2D eigenvalue weighted by molar-refractivity contribution is 5.93. The number of carbonyl (C=O) groups excluding carboxylic acids is 1. The van der Waals surface area contributed by atoms with E-state index in [1.807, 2.05) is 45.2 Å². The monoisotopic (exact) mass is 308 g/mol. The number of aromatic amines is 1. The zero-order valence-corrected chi connectivity index (χ0v) is 13.3. The molecule has 3 N–H and O–H groups in total.